The minimum atomic E-state index is 0.162. The lowest BCUT2D eigenvalue weighted by Crippen LogP contribution is -2.35. The highest BCUT2D eigenvalue weighted by atomic mass is 16.5. The second-order valence-electron chi connectivity index (χ2n) is 6.25. The molecule has 126 valence electrons. The molecule has 0 spiro atoms. The second-order valence-corrected chi connectivity index (χ2v) is 6.25. The zero-order valence-corrected chi connectivity index (χ0v) is 14.2. The topological polar surface area (TPSA) is 49.9 Å². The molecular weight excluding hydrogens is 292 g/mol. The standard InChI is InChI=1S/C18H26N2O3/c1-14(9-11-21)13-19(2)15-7-8-16(17(12-15)23-3)20-10-5-4-6-18(20)22/h7-8,11-12,14H,4-6,9-10,13H2,1-3H3/t14-/m1/s1. The van der Waals surface area contributed by atoms with Gasteiger partial charge in [-0.25, -0.2) is 0 Å². The number of hydrogen-bond donors (Lipinski definition) is 0. The number of carbonyl (C=O) groups excluding carboxylic acids is 2. The summed E-state index contributed by atoms with van der Waals surface area (Å²) in [6.07, 6.45) is 4.12. The van der Waals surface area contributed by atoms with Gasteiger partial charge in [0.2, 0.25) is 5.91 Å². The van der Waals surface area contributed by atoms with Crippen molar-refractivity contribution in [3.8, 4) is 5.75 Å². The minimum Gasteiger partial charge on any atom is -0.494 e. The van der Waals surface area contributed by atoms with Crippen molar-refractivity contribution in [1.29, 1.82) is 0 Å². The first-order valence-corrected chi connectivity index (χ1v) is 8.20. The van der Waals surface area contributed by atoms with Crippen molar-refractivity contribution in [2.75, 3.05) is 37.0 Å². The third-order valence-electron chi connectivity index (χ3n) is 4.30. The Morgan fingerprint density at radius 2 is 2.17 bits per heavy atom. The Morgan fingerprint density at radius 3 is 2.83 bits per heavy atom. The molecule has 1 aromatic rings. The predicted molar refractivity (Wildman–Crippen MR) is 92.3 cm³/mol. The van der Waals surface area contributed by atoms with Crippen LogP contribution < -0.4 is 14.5 Å². The van der Waals surface area contributed by atoms with Gasteiger partial charge in [0.05, 0.1) is 12.8 Å². The molecule has 0 aliphatic carbocycles. The van der Waals surface area contributed by atoms with Crippen LogP contribution in [0.25, 0.3) is 0 Å². The molecule has 1 fully saturated rings. The van der Waals surface area contributed by atoms with Gasteiger partial charge in [-0.3, -0.25) is 4.79 Å². The summed E-state index contributed by atoms with van der Waals surface area (Å²) in [7, 11) is 3.63. The molecule has 0 radical (unpaired) electrons. The van der Waals surface area contributed by atoms with Crippen LogP contribution >= 0.6 is 0 Å². The van der Waals surface area contributed by atoms with E-state index in [1.54, 1.807) is 7.11 Å². The Bertz CT molecular complexity index is 559. The Balaban J connectivity index is 2.18. The van der Waals surface area contributed by atoms with Gasteiger partial charge in [-0.2, -0.15) is 0 Å². The predicted octanol–water partition coefficient (Wildman–Crippen LogP) is 2.87. The van der Waals surface area contributed by atoms with Crippen LogP contribution in [0.5, 0.6) is 5.75 Å². The van der Waals surface area contributed by atoms with E-state index in [1.807, 2.05) is 30.1 Å². The zero-order valence-electron chi connectivity index (χ0n) is 14.2. The molecule has 1 saturated heterocycles. The van der Waals surface area contributed by atoms with Crippen molar-refractivity contribution in [3.05, 3.63) is 18.2 Å². The SMILES string of the molecule is COc1cc(N(C)C[C@H](C)CC=O)ccc1N1CCCCC1=O. The van der Waals surface area contributed by atoms with Gasteiger partial charge in [0, 0.05) is 44.7 Å². The fourth-order valence-electron chi connectivity index (χ4n) is 3.00. The van der Waals surface area contributed by atoms with E-state index in [0.717, 1.165) is 43.6 Å². The van der Waals surface area contributed by atoms with Gasteiger partial charge in [-0.15, -0.1) is 0 Å². The molecule has 1 aliphatic rings. The van der Waals surface area contributed by atoms with Crippen LogP contribution in [0.2, 0.25) is 0 Å². The summed E-state index contributed by atoms with van der Waals surface area (Å²) in [5.74, 6) is 1.18. The van der Waals surface area contributed by atoms with E-state index >= 15 is 0 Å². The molecule has 1 aromatic carbocycles. The van der Waals surface area contributed by atoms with Crippen LogP contribution in [-0.2, 0) is 9.59 Å². The van der Waals surface area contributed by atoms with Crippen molar-refractivity contribution in [2.45, 2.75) is 32.6 Å². The van der Waals surface area contributed by atoms with E-state index in [9.17, 15) is 9.59 Å². The number of nitrogens with zero attached hydrogens (tertiary/aromatic N) is 2. The van der Waals surface area contributed by atoms with Gasteiger partial charge in [-0.05, 0) is 30.9 Å². The number of ether oxygens (including phenoxy) is 1. The van der Waals surface area contributed by atoms with Gasteiger partial charge in [0.15, 0.2) is 0 Å². The number of piperidine rings is 1. The number of hydrogen-bond acceptors (Lipinski definition) is 4. The number of rotatable bonds is 7. The fraction of sp³-hybridized carbons (Fsp3) is 0.556. The molecular formula is C18H26N2O3. The summed E-state index contributed by atoms with van der Waals surface area (Å²) >= 11 is 0. The van der Waals surface area contributed by atoms with Crippen molar-refractivity contribution in [3.63, 3.8) is 0 Å². The van der Waals surface area contributed by atoms with Crippen LogP contribution in [-0.4, -0.2) is 39.4 Å². The second kappa shape index (κ2) is 7.99. The highest BCUT2D eigenvalue weighted by Gasteiger charge is 2.23. The Labute approximate surface area is 138 Å². The Hall–Kier alpha value is -2.04. The molecule has 0 N–H and O–H groups in total. The fourth-order valence-corrected chi connectivity index (χ4v) is 3.00. The average Bonchev–Trinajstić information content (AvgIpc) is 2.55. The summed E-state index contributed by atoms with van der Waals surface area (Å²) in [5, 5.41) is 0. The quantitative estimate of drug-likeness (QED) is 0.725. The first kappa shape index (κ1) is 17.3. The molecule has 23 heavy (non-hydrogen) atoms. The maximum Gasteiger partial charge on any atom is 0.227 e. The van der Waals surface area contributed by atoms with Gasteiger partial charge < -0.3 is 19.3 Å². The lowest BCUT2D eigenvalue weighted by atomic mass is 10.1. The van der Waals surface area contributed by atoms with Gasteiger partial charge >= 0.3 is 0 Å². The van der Waals surface area contributed by atoms with E-state index in [2.05, 4.69) is 11.8 Å². The molecule has 0 bridgehead atoms. The summed E-state index contributed by atoms with van der Waals surface area (Å²) < 4.78 is 5.51. The smallest absolute Gasteiger partial charge is 0.227 e. The average molecular weight is 318 g/mol. The number of amides is 1. The van der Waals surface area contributed by atoms with E-state index in [1.165, 1.54) is 0 Å². The lowest BCUT2D eigenvalue weighted by Gasteiger charge is -2.29. The van der Waals surface area contributed by atoms with Crippen LogP contribution in [0.3, 0.4) is 0 Å². The normalized spacial score (nSPS) is 16.1. The van der Waals surface area contributed by atoms with Crippen LogP contribution in [0, 0.1) is 5.92 Å². The van der Waals surface area contributed by atoms with Crippen molar-refractivity contribution in [2.24, 2.45) is 5.92 Å². The zero-order chi connectivity index (χ0) is 16.8. The third-order valence-corrected chi connectivity index (χ3v) is 4.30. The largest absolute Gasteiger partial charge is 0.494 e. The molecule has 2 rings (SSSR count). The minimum absolute atomic E-state index is 0.162. The van der Waals surface area contributed by atoms with E-state index in [0.29, 0.717) is 24.5 Å². The summed E-state index contributed by atoms with van der Waals surface area (Å²) in [5.41, 5.74) is 1.86. The maximum atomic E-state index is 12.1. The van der Waals surface area contributed by atoms with Gasteiger partial charge in [0.1, 0.15) is 12.0 Å². The van der Waals surface area contributed by atoms with Crippen LogP contribution in [0.15, 0.2) is 18.2 Å². The first-order chi connectivity index (χ1) is 11.1. The Kier molecular flexibility index (Phi) is 6.02. The monoisotopic (exact) mass is 318 g/mol. The number of methoxy groups -OCH3 is 1. The molecule has 1 amide bonds. The van der Waals surface area contributed by atoms with Crippen molar-refractivity contribution < 1.29 is 14.3 Å². The van der Waals surface area contributed by atoms with Crippen molar-refractivity contribution >= 4 is 23.6 Å². The Morgan fingerprint density at radius 1 is 1.39 bits per heavy atom. The van der Waals surface area contributed by atoms with E-state index < -0.39 is 0 Å². The van der Waals surface area contributed by atoms with Crippen LogP contribution in [0.4, 0.5) is 11.4 Å². The molecule has 1 aliphatic heterocycles. The summed E-state index contributed by atoms with van der Waals surface area (Å²) in [6, 6.07) is 5.93. The number of anilines is 2. The third kappa shape index (κ3) is 4.24. The van der Waals surface area contributed by atoms with Gasteiger partial charge in [-0.1, -0.05) is 6.92 Å². The lowest BCUT2D eigenvalue weighted by molar-refractivity contribution is -0.119. The number of benzene rings is 1. The highest BCUT2D eigenvalue weighted by molar-refractivity contribution is 5.95. The van der Waals surface area contributed by atoms with E-state index in [4.69, 9.17) is 4.74 Å². The summed E-state index contributed by atoms with van der Waals surface area (Å²) in [4.78, 5) is 26.7. The molecule has 1 atom stereocenters. The maximum absolute atomic E-state index is 12.1. The van der Waals surface area contributed by atoms with Gasteiger partial charge in [0.25, 0.3) is 0 Å². The molecule has 5 nitrogen and oxygen atoms in total. The number of carbonyl (C=O) groups is 2. The number of aldehydes is 1. The molecule has 0 aromatic heterocycles. The first-order valence-electron chi connectivity index (χ1n) is 8.20. The van der Waals surface area contributed by atoms with E-state index in [-0.39, 0.29) is 5.91 Å². The molecule has 5 heteroatoms. The molecule has 1 heterocycles. The molecule has 0 unspecified atom stereocenters. The van der Waals surface area contributed by atoms with Crippen molar-refractivity contribution in [1.82, 2.24) is 0 Å². The van der Waals surface area contributed by atoms with Crippen LogP contribution in [0.1, 0.15) is 32.6 Å². The summed E-state index contributed by atoms with van der Waals surface area (Å²) in [6.45, 7) is 3.60. The highest BCUT2D eigenvalue weighted by Crippen LogP contribution is 2.34. The molecule has 0 saturated carbocycles.